The van der Waals surface area contributed by atoms with E-state index in [4.69, 9.17) is 16.3 Å². The van der Waals surface area contributed by atoms with Crippen molar-refractivity contribution in [2.45, 2.75) is 25.0 Å². The molecule has 90 valence electrons. The van der Waals surface area contributed by atoms with Gasteiger partial charge in [-0.25, -0.2) is 4.99 Å². The molecule has 1 fully saturated rings. The van der Waals surface area contributed by atoms with Crippen LogP contribution in [0.4, 0.5) is 0 Å². The average molecular weight is 251 g/mol. The summed E-state index contributed by atoms with van der Waals surface area (Å²) in [6.45, 7) is 1.77. The van der Waals surface area contributed by atoms with Crippen LogP contribution >= 0.6 is 11.6 Å². The van der Waals surface area contributed by atoms with E-state index in [0.717, 1.165) is 29.4 Å². The summed E-state index contributed by atoms with van der Waals surface area (Å²) in [5.74, 6) is 0.868. The van der Waals surface area contributed by atoms with Crippen LogP contribution in [0.2, 0.25) is 5.02 Å². The predicted octanol–water partition coefficient (Wildman–Crippen LogP) is 2.56. The fourth-order valence-corrected chi connectivity index (χ4v) is 2.56. The summed E-state index contributed by atoms with van der Waals surface area (Å²) in [5.41, 5.74) is 1.11. The molecule has 2 aliphatic heterocycles. The Morgan fingerprint density at radius 2 is 2.35 bits per heavy atom. The number of ether oxygens (including phenoxy) is 1. The number of nitrogens with one attached hydrogen (secondary N) is 1. The Morgan fingerprint density at radius 3 is 3.12 bits per heavy atom. The molecule has 3 rings (SSSR count). The number of hydrogen-bond donors (Lipinski definition) is 1. The lowest BCUT2D eigenvalue weighted by molar-refractivity contribution is 0.219. The first-order valence-electron chi connectivity index (χ1n) is 6.03. The third-order valence-electron chi connectivity index (χ3n) is 3.25. The largest absolute Gasteiger partial charge is 0.470 e. The van der Waals surface area contributed by atoms with Gasteiger partial charge in [0.1, 0.15) is 6.10 Å². The normalized spacial score (nSPS) is 27.9. The molecular formula is C13H15ClN2O. The molecule has 0 spiro atoms. The van der Waals surface area contributed by atoms with Gasteiger partial charge in [-0.3, -0.25) is 0 Å². The summed E-state index contributed by atoms with van der Waals surface area (Å²) in [4.78, 5) is 4.49. The number of aliphatic imine (C=N–C) groups is 1. The van der Waals surface area contributed by atoms with Crippen LogP contribution in [-0.4, -0.2) is 25.0 Å². The second-order valence-electron chi connectivity index (χ2n) is 4.49. The number of benzene rings is 1. The molecule has 1 aromatic carbocycles. The van der Waals surface area contributed by atoms with E-state index in [-0.39, 0.29) is 6.10 Å². The molecule has 0 aromatic heterocycles. The first-order valence-corrected chi connectivity index (χ1v) is 6.40. The SMILES string of the molecule is Clc1cccc(C2CN=C(C3CCCN3)O2)c1. The highest BCUT2D eigenvalue weighted by molar-refractivity contribution is 6.30. The maximum Gasteiger partial charge on any atom is 0.201 e. The third kappa shape index (κ3) is 2.31. The maximum absolute atomic E-state index is 5.98. The molecule has 4 heteroatoms. The van der Waals surface area contributed by atoms with E-state index < -0.39 is 0 Å². The van der Waals surface area contributed by atoms with Gasteiger partial charge >= 0.3 is 0 Å². The van der Waals surface area contributed by atoms with Gasteiger partial charge in [0, 0.05) is 5.02 Å². The predicted molar refractivity (Wildman–Crippen MR) is 68.6 cm³/mol. The molecule has 1 saturated heterocycles. The highest BCUT2D eigenvalue weighted by Crippen LogP contribution is 2.27. The quantitative estimate of drug-likeness (QED) is 0.875. The molecule has 3 nitrogen and oxygen atoms in total. The summed E-state index contributed by atoms with van der Waals surface area (Å²) in [7, 11) is 0. The molecule has 1 aromatic rings. The maximum atomic E-state index is 5.98. The van der Waals surface area contributed by atoms with Gasteiger partial charge in [-0.2, -0.15) is 0 Å². The van der Waals surface area contributed by atoms with Gasteiger partial charge in [0.25, 0.3) is 0 Å². The average Bonchev–Trinajstić information content (AvgIpc) is 3.00. The van der Waals surface area contributed by atoms with E-state index in [1.54, 1.807) is 0 Å². The Bertz CT molecular complexity index is 441. The zero-order valence-corrected chi connectivity index (χ0v) is 10.3. The van der Waals surface area contributed by atoms with Crippen LogP contribution in [0.15, 0.2) is 29.3 Å². The summed E-state index contributed by atoms with van der Waals surface area (Å²) < 4.78 is 5.92. The van der Waals surface area contributed by atoms with Gasteiger partial charge in [0.05, 0.1) is 12.6 Å². The van der Waals surface area contributed by atoms with Gasteiger partial charge < -0.3 is 10.1 Å². The smallest absolute Gasteiger partial charge is 0.201 e. The van der Waals surface area contributed by atoms with Gasteiger partial charge in [-0.1, -0.05) is 23.7 Å². The Morgan fingerprint density at radius 1 is 1.41 bits per heavy atom. The van der Waals surface area contributed by atoms with Crippen molar-refractivity contribution in [2.24, 2.45) is 4.99 Å². The fourth-order valence-electron chi connectivity index (χ4n) is 2.36. The van der Waals surface area contributed by atoms with Crippen LogP contribution in [0.5, 0.6) is 0 Å². The van der Waals surface area contributed by atoms with Crippen LogP contribution in [0.3, 0.4) is 0 Å². The van der Waals surface area contributed by atoms with Crippen molar-refractivity contribution in [2.75, 3.05) is 13.1 Å². The van der Waals surface area contributed by atoms with E-state index in [1.807, 2.05) is 24.3 Å². The molecule has 0 bridgehead atoms. The molecule has 2 heterocycles. The minimum atomic E-state index is 0.0334. The minimum absolute atomic E-state index is 0.0334. The summed E-state index contributed by atoms with van der Waals surface area (Å²) >= 11 is 5.98. The number of halogens is 1. The van der Waals surface area contributed by atoms with Crippen LogP contribution in [0.1, 0.15) is 24.5 Å². The van der Waals surface area contributed by atoms with Crippen molar-refractivity contribution in [3.05, 3.63) is 34.9 Å². The lowest BCUT2D eigenvalue weighted by Gasteiger charge is -2.15. The summed E-state index contributed by atoms with van der Waals surface area (Å²) in [5, 5.41) is 4.15. The van der Waals surface area contributed by atoms with E-state index in [2.05, 4.69) is 10.3 Å². The van der Waals surface area contributed by atoms with Crippen molar-refractivity contribution in [3.63, 3.8) is 0 Å². The topological polar surface area (TPSA) is 33.6 Å². The molecule has 2 aliphatic rings. The Kier molecular flexibility index (Phi) is 3.04. The molecule has 0 aliphatic carbocycles. The van der Waals surface area contributed by atoms with Crippen LogP contribution in [0.25, 0.3) is 0 Å². The van der Waals surface area contributed by atoms with Crippen molar-refractivity contribution in [3.8, 4) is 0 Å². The monoisotopic (exact) mass is 250 g/mol. The number of nitrogens with zero attached hydrogens (tertiary/aromatic N) is 1. The second kappa shape index (κ2) is 4.67. The summed E-state index contributed by atoms with van der Waals surface area (Å²) in [6.07, 6.45) is 2.36. The van der Waals surface area contributed by atoms with Crippen molar-refractivity contribution in [1.82, 2.24) is 5.32 Å². The zero-order chi connectivity index (χ0) is 11.7. The minimum Gasteiger partial charge on any atom is -0.470 e. The number of rotatable bonds is 2. The lowest BCUT2D eigenvalue weighted by Crippen LogP contribution is -2.31. The van der Waals surface area contributed by atoms with Gasteiger partial charge in [-0.05, 0) is 37.1 Å². The standard InChI is InChI=1S/C13H15ClN2O/c14-10-4-1-3-9(7-10)12-8-16-13(17-12)11-5-2-6-15-11/h1,3-4,7,11-12,15H,2,5-6,8H2. The van der Waals surface area contributed by atoms with Crippen LogP contribution < -0.4 is 5.32 Å². The third-order valence-corrected chi connectivity index (χ3v) is 3.49. The van der Waals surface area contributed by atoms with Crippen molar-refractivity contribution >= 4 is 17.5 Å². The number of hydrogen-bond acceptors (Lipinski definition) is 3. The molecule has 17 heavy (non-hydrogen) atoms. The molecule has 0 amide bonds. The molecule has 2 atom stereocenters. The van der Waals surface area contributed by atoms with E-state index >= 15 is 0 Å². The Balaban J connectivity index is 1.69. The van der Waals surface area contributed by atoms with E-state index in [9.17, 15) is 0 Å². The van der Waals surface area contributed by atoms with Crippen LogP contribution in [0, 0.1) is 0 Å². The first-order chi connectivity index (χ1) is 8.33. The van der Waals surface area contributed by atoms with Gasteiger partial charge in [0.2, 0.25) is 5.90 Å². The lowest BCUT2D eigenvalue weighted by atomic mass is 10.1. The summed E-state index contributed by atoms with van der Waals surface area (Å²) in [6, 6.07) is 8.14. The molecular weight excluding hydrogens is 236 g/mol. The second-order valence-corrected chi connectivity index (χ2v) is 4.93. The zero-order valence-electron chi connectivity index (χ0n) is 9.53. The first kappa shape index (κ1) is 11.1. The molecule has 0 radical (unpaired) electrons. The van der Waals surface area contributed by atoms with Gasteiger partial charge in [0.15, 0.2) is 0 Å². The highest BCUT2D eigenvalue weighted by Gasteiger charge is 2.29. The Labute approximate surface area is 106 Å². The molecule has 1 N–H and O–H groups in total. The molecule has 0 saturated carbocycles. The van der Waals surface area contributed by atoms with Crippen molar-refractivity contribution in [1.29, 1.82) is 0 Å². The van der Waals surface area contributed by atoms with Crippen molar-refractivity contribution < 1.29 is 4.74 Å². The van der Waals surface area contributed by atoms with E-state index in [0.29, 0.717) is 12.6 Å². The van der Waals surface area contributed by atoms with Crippen LogP contribution in [-0.2, 0) is 4.74 Å². The molecule has 2 unspecified atom stereocenters. The van der Waals surface area contributed by atoms with Gasteiger partial charge in [-0.15, -0.1) is 0 Å². The Hall–Kier alpha value is -1.06. The fraction of sp³-hybridized carbons (Fsp3) is 0.462. The van der Waals surface area contributed by atoms with E-state index in [1.165, 1.54) is 6.42 Å². The highest BCUT2D eigenvalue weighted by atomic mass is 35.5.